The number of aryl methyl sites for hydroxylation is 1. The maximum absolute atomic E-state index is 14.1. The number of imide groups is 1. The van der Waals surface area contributed by atoms with Crippen LogP contribution in [0.15, 0.2) is 18.2 Å². The minimum atomic E-state index is -0.850. The van der Waals surface area contributed by atoms with Crippen LogP contribution >= 0.6 is 0 Å². The van der Waals surface area contributed by atoms with Gasteiger partial charge in [-0.2, -0.15) is 0 Å². The van der Waals surface area contributed by atoms with E-state index in [4.69, 9.17) is 11.2 Å². The molecule has 1 fully saturated rings. The van der Waals surface area contributed by atoms with Crippen LogP contribution in [0.3, 0.4) is 0 Å². The van der Waals surface area contributed by atoms with Gasteiger partial charge in [0.2, 0.25) is 0 Å². The normalized spacial score (nSPS) is 15.1. The van der Waals surface area contributed by atoms with Crippen molar-refractivity contribution in [2.75, 3.05) is 25.1 Å². The molecule has 7 nitrogen and oxygen atoms in total. The van der Waals surface area contributed by atoms with Gasteiger partial charge in [0, 0.05) is 0 Å². The molecule has 1 unspecified atom stereocenters. The predicted molar refractivity (Wildman–Crippen MR) is 97.0 cm³/mol. The molecule has 0 radical (unpaired) electrons. The fourth-order valence-electron chi connectivity index (χ4n) is 2.58. The number of urea groups is 1. The van der Waals surface area contributed by atoms with Crippen LogP contribution in [0.2, 0.25) is 0 Å². The minimum absolute atomic E-state index is 0.00209. The van der Waals surface area contributed by atoms with Gasteiger partial charge in [0.1, 0.15) is 18.4 Å². The molecule has 0 saturated carbocycles. The Morgan fingerprint density at radius 3 is 2.70 bits per heavy atom. The Hall–Kier alpha value is -3.08. The van der Waals surface area contributed by atoms with Gasteiger partial charge in [0.25, 0.3) is 5.91 Å². The number of benzene rings is 1. The third-order valence-electron chi connectivity index (χ3n) is 4.10. The van der Waals surface area contributed by atoms with Crippen LogP contribution in [0.4, 0.5) is 14.9 Å². The number of amides is 3. The van der Waals surface area contributed by atoms with Gasteiger partial charge >= 0.3 is 12.0 Å². The molecule has 0 aliphatic carbocycles. The van der Waals surface area contributed by atoms with Gasteiger partial charge < -0.3 is 15.0 Å². The van der Waals surface area contributed by atoms with Gasteiger partial charge in [0.05, 0.1) is 12.2 Å². The molecule has 1 heterocycles. The number of terminal acetylenes is 1. The van der Waals surface area contributed by atoms with Crippen LogP contribution in [0.25, 0.3) is 0 Å². The van der Waals surface area contributed by atoms with E-state index >= 15 is 0 Å². The quantitative estimate of drug-likeness (QED) is 0.448. The first kappa shape index (κ1) is 20.2. The number of hydrogen-bond acceptors (Lipinski definition) is 5. The molecule has 8 heteroatoms. The smallest absolute Gasteiger partial charge is 0.330 e. The Labute approximate surface area is 157 Å². The zero-order valence-electron chi connectivity index (χ0n) is 15.5. The van der Waals surface area contributed by atoms with Crippen molar-refractivity contribution in [2.24, 2.45) is 5.92 Å². The van der Waals surface area contributed by atoms with Gasteiger partial charge in [-0.3, -0.25) is 4.79 Å². The van der Waals surface area contributed by atoms with Crippen LogP contribution in [0.1, 0.15) is 19.4 Å². The molecule has 1 aromatic rings. The van der Waals surface area contributed by atoms with Crippen molar-refractivity contribution in [3.8, 4) is 12.3 Å². The molecule has 1 aliphatic rings. The van der Waals surface area contributed by atoms with Crippen molar-refractivity contribution >= 4 is 23.6 Å². The van der Waals surface area contributed by atoms with Crippen molar-refractivity contribution in [3.05, 3.63) is 29.6 Å². The van der Waals surface area contributed by atoms with Gasteiger partial charge in [-0.05, 0) is 30.5 Å². The summed E-state index contributed by atoms with van der Waals surface area (Å²) in [5.41, 5.74) is 0.925. The van der Waals surface area contributed by atoms with Gasteiger partial charge in [-0.1, -0.05) is 25.8 Å². The predicted octanol–water partition coefficient (Wildman–Crippen LogP) is 1.97. The van der Waals surface area contributed by atoms with E-state index in [0.717, 1.165) is 10.5 Å². The number of nitrogens with one attached hydrogen (secondary N) is 1. The average molecular weight is 375 g/mol. The van der Waals surface area contributed by atoms with Crippen LogP contribution in [0, 0.1) is 31.0 Å². The summed E-state index contributed by atoms with van der Waals surface area (Å²) in [5, 5.41) is 2.83. The molecule has 1 aromatic carbocycles. The highest BCUT2D eigenvalue weighted by atomic mass is 19.1. The third kappa shape index (κ3) is 4.76. The third-order valence-corrected chi connectivity index (χ3v) is 4.10. The van der Waals surface area contributed by atoms with Crippen LogP contribution < -0.4 is 5.32 Å². The van der Waals surface area contributed by atoms with Crippen molar-refractivity contribution in [3.63, 3.8) is 0 Å². The molecule has 144 valence electrons. The summed E-state index contributed by atoms with van der Waals surface area (Å²) in [6, 6.07) is 3.15. The Balaban J connectivity index is 2.02. The van der Waals surface area contributed by atoms with Crippen molar-refractivity contribution in [1.29, 1.82) is 0 Å². The number of nitrogens with zero attached hydrogens (tertiary/aromatic N) is 2. The number of carbonyl (C=O) groups is 3. The second-order valence-corrected chi connectivity index (χ2v) is 6.61. The Morgan fingerprint density at radius 2 is 2.11 bits per heavy atom. The lowest BCUT2D eigenvalue weighted by Crippen LogP contribution is -2.41. The van der Waals surface area contributed by atoms with E-state index in [1.165, 1.54) is 11.0 Å². The van der Waals surface area contributed by atoms with E-state index in [1.54, 1.807) is 32.9 Å². The molecular weight excluding hydrogens is 353 g/mol. The highest BCUT2D eigenvalue weighted by molar-refractivity contribution is 6.02. The summed E-state index contributed by atoms with van der Waals surface area (Å²) in [6.45, 7) is 4.63. The number of esters is 1. The summed E-state index contributed by atoms with van der Waals surface area (Å²) in [6.07, 6.45) is 5.15. The van der Waals surface area contributed by atoms with Crippen LogP contribution in [0.5, 0.6) is 0 Å². The Bertz CT molecular complexity index is 788. The number of halogens is 1. The van der Waals surface area contributed by atoms with E-state index in [0.29, 0.717) is 0 Å². The zero-order chi connectivity index (χ0) is 20.1. The van der Waals surface area contributed by atoms with E-state index in [2.05, 4.69) is 11.2 Å². The molecule has 0 bridgehead atoms. The minimum Gasteiger partial charge on any atom is -0.442 e. The molecule has 1 N–H and O–H groups in total. The molecule has 2 rings (SSSR count). The van der Waals surface area contributed by atoms with Gasteiger partial charge in [-0.25, -0.2) is 18.9 Å². The maximum atomic E-state index is 14.1. The lowest BCUT2D eigenvalue weighted by Gasteiger charge is -2.23. The molecule has 3 amide bonds. The fourth-order valence-corrected chi connectivity index (χ4v) is 2.58. The van der Waals surface area contributed by atoms with Crippen LogP contribution in [-0.2, 0) is 14.3 Å². The summed E-state index contributed by atoms with van der Waals surface area (Å²) in [5.74, 6) is 0.392. The lowest BCUT2D eigenvalue weighted by atomic mass is 10.0. The van der Waals surface area contributed by atoms with Gasteiger partial charge in [-0.15, -0.1) is 6.42 Å². The number of rotatable bonds is 7. The highest BCUT2D eigenvalue weighted by Gasteiger charge is 2.37. The average Bonchev–Trinajstić information content (AvgIpc) is 2.85. The van der Waals surface area contributed by atoms with Crippen molar-refractivity contribution < 1.29 is 23.5 Å². The summed E-state index contributed by atoms with van der Waals surface area (Å²) >= 11 is 0. The van der Waals surface area contributed by atoms with Crippen LogP contribution in [-0.4, -0.2) is 53.6 Å². The molecule has 1 atom stereocenters. The first-order valence-electron chi connectivity index (χ1n) is 8.46. The summed E-state index contributed by atoms with van der Waals surface area (Å²) in [4.78, 5) is 38.4. The number of carbonyl (C=O) groups excluding carboxylic acids is 3. The van der Waals surface area contributed by atoms with E-state index in [-0.39, 0.29) is 24.7 Å². The lowest BCUT2D eigenvalue weighted by molar-refractivity contribution is -0.150. The van der Waals surface area contributed by atoms with Crippen molar-refractivity contribution in [2.45, 2.75) is 26.8 Å². The summed E-state index contributed by atoms with van der Waals surface area (Å²) < 4.78 is 19.2. The standard InChI is InChI=1S/C19H22FN3O4/c1-5-8-22-10-16(24)23(19(22)26)11-27-18(25)17(12(2)3)21-15-7-6-13(4)9-14(15)20/h1,6-7,9,12,17,21H,8,10-11H2,2-4H3. The Morgan fingerprint density at radius 1 is 1.41 bits per heavy atom. The SMILES string of the molecule is C#CCN1CC(=O)N(COC(=O)C(Nc2ccc(C)cc2F)C(C)C)C1=O. The van der Waals surface area contributed by atoms with E-state index < -0.39 is 36.5 Å². The number of anilines is 1. The van der Waals surface area contributed by atoms with Crippen molar-refractivity contribution in [1.82, 2.24) is 9.80 Å². The number of hydrogen-bond donors (Lipinski definition) is 1. The second kappa shape index (κ2) is 8.54. The van der Waals surface area contributed by atoms with E-state index in [9.17, 15) is 18.8 Å². The summed E-state index contributed by atoms with van der Waals surface area (Å²) in [7, 11) is 0. The molecule has 27 heavy (non-hydrogen) atoms. The first-order valence-corrected chi connectivity index (χ1v) is 8.46. The zero-order valence-corrected chi connectivity index (χ0v) is 15.5. The second-order valence-electron chi connectivity index (χ2n) is 6.61. The molecule has 0 aromatic heterocycles. The molecule has 0 spiro atoms. The monoisotopic (exact) mass is 375 g/mol. The highest BCUT2D eigenvalue weighted by Crippen LogP contribution is 2.19. The largest absolute Gasteiger partial charge is 0.442 e. The number of ether oxygens (including phenoxy) is 1. The first-order chi connectivity index (χ1) is 12.7. The molecule has 1 saturated heterocycles. The van der Waals surface area contributed by atoms with E-state index in [1.807, 2.05) is 0 Å². The Kier molecular flexibility index (Phi) is 6.40. The maximum Gasteiger partial charge on any atom is 0.330 e. The topological polar surface area (TPSA) is 79.0 Å². The molecular formula is C19H22FN3O4. The van der Waals surface area contributed by atoms with Gasteiger partial charge in [0.15, 0.2) is 6.73 Å². The fraction of sp³-hybridized carbons (Fsp3) is 0.421. The molecule has 1 aliphatic heterocycles.